The zero-order valence-corrected chi connectivity index (χ0v) is 38.4. The number of carbonyl (C=O) groups is 2. The van der Waals surface area contributed by atoms with Crippen LogP contribution in [0, 0.1) is 0 Å². The zero-order chi connectivity index (χ0) is 42.4. The normalized spacial score (nSPS) is 13.7. The van der Waals surface area contributed by atoms with E-state index in [4.69, 9.17) is 4.74 Å². The summed E-state index contributed by atoms with van der Waals surface area (Å²) in [7, 11) is 0. The Morgan fingerprint density at radius 1 is 0.500 bits per heavy atom. The van der Waals surface area contributed by atoms with Gasteiger partial charge in [-0.2, -0.15) is 0 Å². The van der Waals surface area contributed by atoms with Gasteiger partial charge >= 0.3 is 5.97 Å². The van der Waals surface area contributed by atoms with E-state index < -0.39 is 18.2 Å². The summed E-state index contributed by atoms with van der Waals surface area (Å²) in [6.07, 6.45) is 54.5. The van der Waals surface area contributed by atoms with Crippen molar-refractivity contribution in [3.63, 3.8) is 0 Å². The van der Waals surface area contributed by atoms with Crippen molar-refractivity contribution >= 4 is 11.9 Å². The number of unbranched alkanes of at least 4 members (excludes halogenated alkanes) is 27. The molecule has 0 saturated heterocycles. The van der Waals surface area contributed by atoms with Gasteiger partial charge in [-0.3, -0.25) is 9.59 Å². The van der Waals surface area contributed by atoms with E-state index in [1.54, 1.807) is 0 Å². The average Bonchev–Trinajstić information content (AvgIpc) is 3.22. The topological polar surface area (TPSA) is 95.9 Å². The number of allylic oxidation sites excluding steroid dienone is 8. The quantitative estimate of drug-likeness (QED) is 0.0323. The summed E-state index contributed by atoms with van der Waals surface area (Å²) >= 11 is 0. The van der Waals surface area contributed by atoms with Crippen molar-refractivity contribution in [2.45, 2.75) is 264 Å². The van der Waals surface area contributed by atoms with Crippen LogP contribution in [0.5, 0.6) is 0 Å². The van der Waals surface area contributed by atoms with Crippen LogP contribution in [0.25, 0.3) is 0 Å². The number of aliphatic hydroxyl groups excluding tert-OH is 2. The van der Waals surface area contributed by atoms with Gasteiger partial charge < -0.3 is 20.3 Å². The third-order valence-electron chi connectivity index (χ3n) is 11.3. The van der Waals surface area contributed by atoms with Crippen LogP contribution in [-0.2, 0) is 14.3 Å². The number of amides is 1. The van der Waals surface area contributed by atoms with Gasteiger partial charge in [0.15, 0.2) is 0 Å². The number of esters is 1. The first-order valence-corrected chi connectivity index (χ1v) is 24.9. The summed E-state index contributed by atoms with van der Waals surface area (Å²) in [6, 6.07) is -0.712. The van der Waals surface area contributed by atoms with E-state index in [9.17, 15) is 19.8 Å². The smallest absolute Gasteiger partial charge is 0.306 e. The summed E-state index contributed by atoms with van der Waals surface area (Å²) in [4.78, 5) is 26.1. The van der Waals surface area contributed by atoms with Gasteiger partial charge in [0.25, 0.3) is 0 Å². The van der Waals surface area contributed by atoms with E-state index in [0.717, 1.165) is 70.6 Å². The lowest BCUT2D eigenvalue weighted by atomic mass is 10.0. The fraction of sp³-hybridized carbons (Fsp3) is 0.808. The molecule has 0 aromatic carbocycles. The highest BCUT2D eigenvalue weighted by Crippen LogP contribution is 2.17. The summed E-state index contributed by atoms with van der Waals surface area (Å²) < 4.78 is 5.91. The number of hydrogen-bond acceptors (Lipinski definition) is 5. The first-order valence-electron chi connectivity index (χ1n) is 24.9. The molecule has 0 fully saturated rings. The predicted molar refractivity (Wildman–Crippen MR) is 250 cm³/mol. The number of carbonyl (C=O) groups excluding carboxylic acids is 2. The molecule has 0 rings (SSSR count). The van der Waals surface area contributed by atoms with Gasteiger partial charge in [0.2, 0.25) is 5.91 Å². The molecule has 6 nitrogen and oxygen atoms in total. The molecular weight excluding hydrogens is 719 g/mol. The minimum atomic E-state index is -0.796. The fourth-order valence-corrected chi connectivity index (χ4v) is 7.44. The number of aliphatic hydroxyl groups is 2. The Kier molecular flexibility index (Phi) is 44.2. The fourth-order valence-electron chi connectivity index (χ4n) is 7.44. The first kappa shape index (κ1) is 55.8. The summed E-state index contributed by atoms with van der Waals surface area (Å²) in [6.45, 7) is 6.42. The van der Waals surface area contributed by atoms with E-state index in [1.807, 2.05) is 6.08 Å². The van der Waals surface area contributed by atoms with Crippen LogP contribution in [0.4, 0.5) is 0 Å². The van der Waals surface area contributed by atoms with Crippen molar-refractivity contribution in [2.24, 2.45) is 0 Å². The lowest BCUT2D eigenvalue weighted by Gasteiger charge is -2.24. The Balaban J connectivity index is 4.69. The van der Waals surface area contributed by atoms with Crippen LogP contribution in [0.2, 0.25) is 0 Å². The largest absolute Gasteiger partial charge is 0.462 e. The summed E-state index contributed by atoms with van der Waals surface area (Å²) in [5.41, 5.74) is 0. The van der Waals surface area contributed by atoms with E-state index in [-0.39, 0.29) is 24.9 Å². The van der Waals surface area contributed by atoms with Gasteiger partial charge in [-0.25, -0.2) is 0 Å². The molecular formula is C52H95NO5. The second kappa shape index (κ2) is 45.9. The summed E-state index contributed by atoms with van der Waals surface area (Å²) in [5, 5.41) is 23.7. The Bertz CT molecular complexity index is 1000. The van der Waals surface area contributed by atoms with E-state index >= 15 is 0 Å². The van der Waals surface area contributed by atoms with Crippen molar-refractivity contribution in [2.75, 3.05) is 6.61 Å². The SMILES string of the molecule is CCCCC/C=C/C=C/C=C/C=C/CCCCCC(CC(=O)NC(CO)C(O)CCCCCCCCCCCCC)OC(=O)CCCCCCCCCCCCCC. The first-order chi connectivity index (χ1) is 28.5. The minimum absolute atomic E-state index is 0.0536. The Morgan fingerprint density at radius 3 is 1.36 bits per heavy atom. The molecule has 3 atom stereocenters. The molecule has 0 aliphatic carbocycles. The number of nitrogens with one attached hydrogen (secondary N) is 1. The average molecular weight is 814 g/mol. The Morgan fingerprint density at radius 2 is 0.879 bits per heavy atom. The van der Waals surface area contributed by atoms with Crippen LogP contribution in [-0.4, -0.2) is 46.9 Å². The standard InChI is InChI=1S/C52H95NO5/c1-4-7-10-13-16-19-22-24-25-26-27-29-31-34-37-40-43-48(58-52(57)45-42-39-36-33-30-23-20-17-14-11-8-5-2)46-51(56)53-49(47-54)50(55)44-41-38-35-32-28-21-18-15-12-9-6-3/h16,19,22,24-27,29,48-50,54-55H,4-15,17-18,20-21,23,28,30-47H2,1-3H3,(H,53,56)/b19-16+,24-22+,26-25+,29-27+. The molecule has 0 radical (unpaired) electrons. The minimum Gasteiger partial charge on any atom is -0.462 e. The number of rotatable bonds is 44. The van der Waals surface area contributed by atoms with Gasteiger partial charge in [-0.15, -0.1) is 0 Å². The van der Waals surface area contributed by atoms with Crippen molar-refractivity contribution in [3.05, 3.63) is 48.6 Å². The molecule has 3 unspecified atom stereocenters. The molecule has 0 aromatic heterocycles. The van der Waals surface area contributed by atoms with Crippen LogP contribution >= 0.6 is 0 Å². The molecule has 1 amide bonds. The molecule has 338 valence electrons. The highest BCUT2D eigenvalue weighted by Gasteiger charge is 2.24. The third kappa shape index (κ3) is 40.6. The highest BCUT2D eigenvalue weighted by atomic mass is 16.5. The number of ether oxygens (including phenoxy) is 1. The molecule has 58 heavy (non-hydrogen) atoms. The van der Waals surface area contributed by atoms with Crippen molar-refractivity contribution in [1.82, 2.24) is 5.32 Å². The van der Waals surface area contributed by atoms with Crippen LogP contribution in [0.3, 0.4) is 0 Å². The van der Waals surface area contributed by atoms with Crippen molar-refractivity contribution < 1.29 is 24.5 Å². The Hall–Kier alpha value is -2.18. The van der Waals surface area contributed by atoms with E-state index in [2.05, 4.69) is 68.6 Å². The predicted octanol–water partition coefficient (Wildman–Crippen LogP) is 14.7. The second-order valence-corrected chi connectivity index (χ2v) is 17.0. The molecule has 0 aliphatic rings. The van der Waals surface area contributed by atoms with Gasteiger partial charge in [0, 0.05) is 6.42 Å². The zero-order valence-electron chi connectivity index (χ0n) is 38.4. The monoisotopic (exact) mass is 814 g/mol. The van der Waals surface area contributed by atoms with Crippen LogP contribution < -0.4 is 5.32 Å². The van der Waals surface area contributed by atoms with E-state index in [0.29, 0.717) is 19.3 Å². The van der Waals surface area contributed by atoms with Gasteiger partial charge in [0.05, 0.1) is 25.2 Å². The van der Waals surface area contributed by atoms with Gasteiger partial charge in [-0.05, 0) is 51.4 Å². The Labute approximate surface area is 359 Å². The highest BCUT2D eigenvalue weighted by molar-refractivity contribution is 5.77. The summed E-state index contributed by atoms with van der Waals surface area (Å²) in [5.74, 6) is -0.508. The molecule has 0 spiro atoms. The molecule has 0 bridgehead atoms. The molecule has 3 N–H and O–H groups in total. The maximum Gasteiger partial charge on any atom is 0.306 e. The molecule has 6 heteroatoms. The molecule has 0 heterocycles. The van der Waals surface area contributed by atoms with E-state index in [1.165, 1.54) is 128 Å². The van der Waals surface area contributed by atoms with Crippen LogP contribution in [0.15, 0.2) is 48.6 Å². The lowest BCUT2D eigenvalue weighted by Crippen LogP contribution is -2.46. The van der Waals surface area contributed by atoms with Crippen LogP contribution in [0.1, 0.15) is 245 Å². The molecule has 0 aliphatic heterocycles. The molecule has 0 saturated carbocycles. The number of hydrogen-bond donors (Lipinski definition) is 3. The maximum absolute atomic E-state index is 13.2. The van der Waals surface area contributed by atoms with Crippen molar-refractivity contribution in [1.29, 1.82) is 0 Å². The van der Waals surface area contributed by atoms with Gasteiger partial charge in [-0.1, -0.05) is 230 Å². The van der Waals surface area contributed by atoms with Gasteiger partial charge in [0.1, 0.15) is 6.10 Å². The van der Waals surface area contributed by atoms with Crippen molar-refractivity contribution in [3.8, 4) is 0 Å². The lowest BCUT2D eigenvalue weighted by molar-refractivity contribution is -0.151. The second-order valence-electron chi connectivity index (χ2n) is 17.0. The third-order valence-corrected chi connectivity index (χ3v) is 11.3. The molecule has 0 aromatic rings. The maximum atomic E-state index is 13.2.